The lowest BCUT2D eigenvalue weighted by molar-refractivity contribution is 0.0696. The van der Waals surface area contributed by atoms with Crippen LogP contribution in [0.5, 0.6) is 5.75 Å². The molecule has 1 aromatic carbocycles. The van der Waals surface area contributed by atoms with E-state index >= 15 is 0 Å². The quantitative estimate of drug-likeness (QED) is 0.809. The number of rotatable bonds is 2. The first-order chi connectivity index (χ1) is 7.63. The van der Waals surface area contributed by atoms with Crippen LogP contribution >= 0.6 is 0 Å². The van der Waals surface area contributed by atoms with E-state index in [0.29, 0.717) is 10.9 Å². The lowest BCUT2D eigenvalue weighted by Gasteiger charge is -2.05. The Balaban J connectivity index is 2.83. The molecule has 0 saturated heterocycles. The van der Waals surface area contributed by atoms with E-state index in [2.05, 4.69) is 4.98 Å². The Labute approximate surface area is 92.2 Å². The molecule has 2 aromatic rings. The predicted molar refractivity (Wildman–Crippen MR) is 59.7 cm³/mol. The third-order valence-electron chi connectivity index (χ3n) is 2.53. The van der Waals surface area contributed by atoms with E-state index < -0.39 is 5.97 Å². The van der Waals surface area contributed by atoms with Crippen molar-refractivity contribution in [3.63, 3.8) is 0 Å². The van der Waals surface area contributed by atoms with Crippen molar-refractivity contribution in [2.24, 2.45) is 0 Å². The number of aromatic carboxylic acids is 1. The summed E-state index contributed by atoms with van der Waals surface area (Å²) in [5.74, 6) is -1.44. The number of aryl methyl sites for hydroxylation is 1. The van der Waals surface area contributed by atoms with Gasteiger partial charge in [-0.25, -0.2) is 4.79 Å². The van der Waals surface area contributed by atoms with E-state index in [1.807, 2.05) is 13.0 Å². The van der Waals surface area contributed by atoms with Gasteiger partial charge in [0.15, 0.2) is 0 Å². The van der Waals surface area contributed by atoms with E-state index in [4.69, 9.17) is 5.11 Å². The summed E-state index contributed by atoms with van der Waals surface area (Å²) in [5, 5.41) is 19.0. The van der Waals surface area contributed by atoms with Gasteiger partial charge in [-0.3, -0.25) is 4.98 Å². The molecule has 4 nitrogen and oxygen atoms in total. The molecule has 0 radical (unpaired) electrons. The number of pyridine rings is 1. The average molecular weight is 217 g/mol. The fourth-order valence-electron chi connectivity index (χ4n) is 1.67. The van der Waals surface area contributed by atoms with Crippen LogP contribution in [0.1, 0.15) is 22.8 Å². The van der Waals surface area contributed by atoms with Gasteiger partial charge in [-0.15, -0.1) is 0 Å². The van der Waals surface area contributed by atoms with Gasteiger partial charge in [0.25, 0.3) is 0 Å². The van der Waals surface area contributed by atoms with Gasteiger partial charge in [-0.1, -0.05) is 13.0 Å². The molecule has 0 atom stereocenters. The van der Waals surface area contributed by atoms with Gasteiger partial charge in [0.1, 0.15) is 11.3 Å². The van der Waals surface area contributed by atoms with Crippen LogP contribution in [0, 0.1) is 0 Å². The molecule has 0 fully saturated rings. The second-order valence-electron chi connectivity index (χ2n) is 3.53. The maximum atomic E-state index is 11.0. The summed E-state index contributed by atoms with van der Waals surface area (Å²) in [6, 6.07) is 5.42. The van der Waals surface area contributed by atoms with Crippen molar-refractivity contribution in [1.29, 1.82) is 0 Å². The Kier molecular flexibility index (Phi) is 2.48. The minimum Gasteiger partial charge on any atom is -0.505 e. The van der Waals surface area contributed by atoms with Crippen LogP contribution in [0.25, 0.3) is 10.9 Å². The van der Waals surface area contributed by atoms with Crippen molar-refractivity contribution in [3.8, 4) is 5.75 Å². The molecule has 0 unspecified atom stereocenters. The van der Waals surface area contributed by atoms with E-state index in [1.54, 1.807) is 12.1 Å². The zero-order valence-corrected chi connectivity index (χ0v) is 8.77. The van der Waals surface area contributed by atoms with Gasteiger partial charge in [0.05, 0.1) is 11.7 Å². The number of carbonyl (C=O) groups is 1. The van der Waals surface area contributed by atoms with Crippen LogP contribution < -0.4 is 0 Å². The fourth-order valence-corrected chi connectivity index (χ4v) is 1.67. The lowest BCUT2D eigenvalue weighted by atomic mass is 10.0. The monoisotopic (exact) mass is 217 g/mol. The highest BCUT2D eigenvalue weighted by molar-refractivity contribution is 6.04. The number of hydrogen-bond acceptors (Lipinski definition) is 3. The van der Waals surface area contributed by atoms with Gasteiger partial charge in [-0.2, -0.15) is 0 Å². The first kappa shape index (κ1) is 10.4. The fraction of sp³-hybridized carbons (Fsp3) is 0.167. The number of hydrogen-bond donors (Lipinski definition) is 2. The maximum absolute atomic E-state index is 11.0. The third-order valence-corrected chi connectivity index (χ3v) is 2.53. The van der Waals surface area contributed by atoms with Gasteiger partial charge in [-0.05, 0) is 24.1 Å². The number of aromatic hydroxyl groups is 1. The first-order valence-electron chi connectivity index (χ1n) is 4.97. The Hall–Kier alpha value is -2.10. The highest BCUT2D eigenvalue weighted by Gasteiger charge is 2.14. The molecule has 0 aliphatic rings. The van der Waals surface area contributed by atoms with Gasteiger partial charge in [0, 0.05) is 5.39 Å². The second kappa shape index (κ2) is 3.81. The van der Waals surface area contributed by atoms with Crippen molar-refractivity contribution in [2.45, 2.75) is 13.3 Å². The summed E-state index contributed by atoms with van der Waals surface area (Å²) in [6.07, 6.45) is 1.97. The first-order valence-corrected chi connectivity index (χ1v) is 4.97. The number of nitrogens with zero attached hydrogens (tertiary/aromatic N) is 1. The zero-order chi connectivity index (χ0) is 11.7. The predicted octanol–water partition coefficient (Wildman–Crippen LogP) is 2.20. The Bertz CT molecular complexity index is 563. The molecule has 1 heterocycles. The molecule has 1 aromatic heterocycles. The molecule has 0 spiro atoms. The van der Waals surface area contributed by atoms with Crippen LogP contribution in [-0.2, 0) is 6.42 Å². The van der Waals surface area contributed by atoms with Crippen molar-refractivity contribution in [1.82, 2.24) is 4.98 Å². The van der Waals surface area contributed by atoms with Crippen LogP contribution in [0.2, 0.25) is 0 Å². The van der Waals surface area contributed by atoms with E-state index in [-0.39, 0.29) is 11.3 Å². The third kappa shape index (κ3) is 1.58. The molecular weight excluding hydrogens is 206 g/mol. The molecule has 2 N–H and O–H groups in total. The summed E-state index contributed by atoms with van der Waals surface area (Å²) in [7, 11) is 0. The SMILES string of the molecule is CCc1ccc2ncc(O)c(C(=O)O)c2c1. The summed E-state index contributed by atoms with van der Waals surface area (Å²) >= 11 is 0. The molecule has 0 amide bonds. The standard InChI is InChI=1S/C12H11NO3/c1-2-7-3-4-9-8(5-7)11(12(15)16)10(14)6-13-9/h3-6,14H,2H2,1H3,(H,15,16). The normalized spacial score (nSPS) is 10.6. The molecule has 16 heavy (non-hydrogen) atoms. The van der Waals surface area contributed by atoms with Gasteiger partial charge >= 0.3 is 5.97 Å². The van der Waals surface area contributed by atoms with Gasteiger partial charge < -0.3 is 10.2 Å². The topological polar surface area (TPSA) is 70.4 Å². The Morgan fingerprint density at radius 3 is 2.81 bits per heavy atom. The number of fused-ring (bicyclic) bond motifs is 1. The summed E-state index contributed by atoms with van der Waals surface area (Å²) in [5.41, 5.74) is 1.51. The smallest absolute Gasteiger partial charge is 0.340 e. The largest absolute Gasteiger partial charge is 0.505 e. The molecule has 2 rings (SSSR count). The number of carboxylic acid groups (broad SMARTS) is 1. The van der Waals surface area contributed by atoms with Crippen LogP contribution in [0.4, 0.5) is 0 Å². The average Bonchev–Trinajstić information content (AvgIpc) is 2.27. The van der Waals surface area contributed by atoms with E-state index in [0.717, 1.165) is 18.2 Å². The van der Waals surface area contributed by atoms with Gasteiger partial charge in [0.2, 0.25) is 0 Å². The zero-order valence-electron chi connectivity index (χ0n) is 8.77. The maximum Gasteiger partial charge on any atom is 0.340 e. The molecule has 0 saturated carbocycles. The number of benzene rings is 1. The molecular formula is C12H11NO3. The van der Waals surface area contributed by atoms with Crippen LogP contribution in [-0.4, -0.2) is 21.2 Å². The summed E-state index contributed by atoms with van der Waals surface area (Å²) in [6.45, 7) is 1.98. The Morgan fingerprint density at radius 2 is 2.19 bits per heavy atom. The second-order valence-corrected chi connectivity index (χ2v) is 3.53. The minimum absolute atomic E-state index is 0.0831. The minimum atomic E-state index is -1.14. The van der Waals surface area contributed by atoms with E-state index in [1.165, 1.54) is 0 Å². The lowest BCUT2D eigenvalue weighted by Crippen LogP contribution is -1.99. The Morgan fingerprint density at radius 1 is 1.44 bits per heavy atom. The number of aromatic nitrogens is 1. The van der Waals surface area contributed by atoms with Crippen LogP contribution in [0.15, 0.2) is 24.4 Å². The molecule has 0 aliphatic carbocycles. The highest BCUT2D eigenvalue weighted by atomic mass is 16.4. The number of carboxylic acids is 1. The van der Waals surface area contributed by atoms with Crippen molar-refractivity contribution < 1.29 is 15.0 Å². The van der Waals surface area contributed by atoms with Crippen molar-refractivity contribution in [2.75, 3.05) is 0 Å². The van der Waals surface area contributed by atoms with E-state index in [9.17, 15) is 9.90 Å². The highest BCUT2D eigenvalue weighted by Crippen LogP contribution is 2.26. The molecule has 0 aliphatic heterocycles. The van der Waals surface area contributed by atoms with Crippen LogP contribution in [0.3, 0.4) is 0 Å². The molecule has 0 bridgehead atoms. The van der Waals surface area contributed by atoms with Crippen molar-refractivity contribution >= 4 is 16.9 Å². The molecule has 82 valence electrons. The summed E-state index contributed by atoms with van der Waals surface area (Å²) in [4.78, 5) is 15.0. The summed E-state index contributed by atoms with van der Waals surface area (Å²) < 4.78 is 0. The molecule has 4 heteroatoms. The van der Waals surface area contributed by atoms with Crippen molar-refractivity contribution in [3.05, 3.63) is 35.5 Å².